The molecule has 0 aliphatic heterocycles. The van der Waals surface area contributed by atoms with Gasteiger partial charge in [0.1, 0.15) is 0 Å². The Balaban J connectivity index is 2.34. The van der Waals surface area contributed by atoms with Crippen LogP contribution < -0.4 is 0 Å². The van der Waals surface area contributed by atoms with Crippen molar-refractivity contribution in [3.05, 3.63) is 59.7 Å². The van der Waals surface area contributed by atoms with E-state index in [1.807, 2.05) is 43.3 Å². The van der Waals surface area contributed by atoms with E-state index < -0.39 is 11.3 Å². The van der Waals surface area contributed by atoms with Crippen molar-refractivity contribution in [3.8, 4) is 11.1 Å². The number of alkyl halides is 1. The molecule has 1 N–H and O–H groups in total. The number of carbonyl (C=O) groups is 1. The van der Waals surface area contributed by atoms with Gasteiger partial charge in [-0.05, 0) is 29.2 Å². The highest BCUT2D eigenvalue weighted by atomic mass is 35.5. The van der Waals surface area contributed by atoms with Crippen molar-refractivity contribution in [2.75, 3.05) is 0 Å². The van der Waals surface area contributed by atoms with E-state index in [4.69, 9.17) is 16.7 Å². The van der Waals surface area contributed by atoms with Gasteiger partial charge >= 0.3 is 5.97 Å². The van der Waals surface area contributed by atoms with Crippen molar-refractivity contribution >= 4 is 17.6 Å². The number of benzene rings is 2. The van der Waals surface area contributed by atoms with Crippen molar-refractivity contribution in [1.29, 1.82) is 0 Å². The SMILES string of the molecule is Cc1ccccc1-c1ccc(C(Cl)C(=O)O)cc1. The van der Waals surface area contributed by atoms with Gasteiger partial charge in [-0.3, -0.25) is 4.79 Å². The average Bonchev–Trinajstić information content (AvgIpc) is 2.38. The molecule has 0 saturated heterocycles. The molecule has 18 heavy (non-hydrogen) atoms. The predicted molar refractivity (Wildman–Crippen MR) is 72.8 cm³/mol. The Hall–Kier alpha value is -1.80. The molecule has 0 radical (unpaired) electrons. The Morgan fingerprint density at radius 1 is 1.11 bits per heavy atom. The summed E-state index contributed by atoms with van der Waals surface area (Å²) in [5.41, 5.74) is 3.99. The van der Waals surface area contributed by atoms with E-state index in [1.165, 1.54) is 5.56 Å². The molecule has 0 aromatic heterocycles. The smallest absolute Gasteiger partial charge is 0.326 e. The van der Waals surface area contributed by atoms with E-state index in [-0.39, 0.29) is 0 Å². The second-order valence-corrected chi connectivity index (χ2v) is 4.57. The van der Waals surface area contributed by atoms with Gasteiger partial charge in [0, 0.05) is 0 Å². The molecule has 2 aromatic carbocycles. The molecule has 92 valence electrons. The van der Waals surface area contributed by atoms with Gasteiger partial charge in [-0.1, -0.05) is 48.5 Å². The first-order chi connectivity index (χ1) is 8.59. The monoisotopic (exact) mass is 260 g/mol. The van der Waals surface area contributed by atoms with Crippen LogP contribution in [0, 0.1) is 6.92 Å². The van der Waals surface area contributed by atoms with Gasteiger partial charge in [0.05, 0.1) is 0 Å². The molecule has 3 heteroatoms. The summed E-state index contributed by atoms with van der Waals surface area (Å²) < 4.78 is 0. The molecule has 0 heterocycles. The number of aliphatic carboxylic acids is 1. The second-order valence-electron chi connectivity index (χ2n) is 4.14. The van der Waals surface area contributed by atoms with Crippen LogP contribution in [0.3, 0.4) is 0 Å². The van der Waals surface area contributed by atoms with Crippen LogP contribution in [0.5, 0.6) is 0 Å². The minimum Gasteiger partial charge on any atom is -0.480 e. The van der Waals surface area contributed by atoms with Crippen LogP contribution in [0.2, 0.25) is 0 Å². The molecule has 2 nitrogen and oxygen atoms in total. The lowest BCUT2D eigenvalue weighted by molar-refractivity contribution is -0.136. The maximum atomic E-state index is 10.8. The van der Waals surface area contributed by atoms with Crippen molar-refractivity contribution in [2.24, 2.45) is 0 Å². The van der Waals surface area contributed by atoms with Crippen LogP contribution in [-0.4, -0.2) is 11.1 Å². The minimum atomic E-state index is -1.03. The molecule has 0 bridgehead atoms. The van der Waals surface area contributed by atoms with E-state index in [0.29, 0.717) is 5.56 Å². The summed E-state index contributed by atoms with van der Waals surface area (Å²) in [4.78, 5) is 10.8. The first kappa shape index (κ1) is 12.7. The maximum Gasteiger partial charge on any atom is 0.326 e. The number of rotatable bonds is 3. The minimum absolute atomic E-state index is 0.599. The summed E-state index contributed by atoms with van der Waals surface area (Å²) in [7, 11) is 0. The van der Waals surface area contributed by atoms with Crippen molar-refractivity contribution < 1.29 is 9.90 Å². The van der Waals surface area contributed by atoms with Crippen LogP contribution in [0.1, 0.15) is 16.5 Å². The van der Waals surface area contributed by atoms with Gasteiger partial charge in [0.15, 0.2) is 5.38 Å². The highest BCUT2D eigenvalue weighted by molar-refractivity contribution is 6.29. The van der Waals surface area contributed by atoms with Crippen LogP contribution >= 0.6 is 11.6 Å². The fraction of sp³-hybridized carbons (Fsp3) is 0.133. The molecule has 0 amide bonds. The topological polar surface area (TPSA) is 37.3 Å². The zero-order chi connectivity index (χ0) is 13.1. The van der Waals surface area contributed by atoms with Crippen molar-refractivity contribution in [1.82, 2.24) is 0 Å². The Bertz CT molecular complexity index is 561. The number of halogens is 1. The molecule has 1 atom stereocenters. The third kappa shape index (κ3) is 2.54. The van der Waals surface area contributed by atoms with Gasteiger partial charge in [-0.15, -0.1) is 11.6 Å². The normalized spacial score (nSPS) is 12.1. The molecule has 1 unspecified atom stereocenters. The fourth-order valence-electron chi connectivity index (χ4n) is 1.87. The van der Waals surface area contributed by atoms with Gasteiger partial charge in [-0.25, -0.2) is 0 Å². The van der Waals surface area contributed by atoms with Gasteiger partial charge in [-0.2, -0.15) is 0 Å². The molecular formula is C15H13ClO2. The summed E-state index contributed by atoms with van der Waals surface area (Å²) >= 11 is 5.77. The quantitative estimate of drug-likeness (QED) is 0.846. The molecule has 0 saturated carbocycles. The molecule has 2 aromatic rings. The zero-order valence-electron chi connectivity index (χ0n) is 9.93. The van der Waals surface area contributed by atoms with E-state index in [2.05, 4.69) is 0 Å². The summed E-state index contributed by atoms with van der Waals surface area (Å²) in [6.45, 7) is 2.05. The third-order valence-corrected chi connectivity index (χ3v) is 3.31. The fourth-order valence-corrected chi connectivity index (χ4v) is 2.02. The first-order valence-electron chi connectivity index (χ1n) is 5.62. The van der Waals surface area contributed by atoms with Crippen LogP contribution in [0.4, 0.5) is 0 Å². The molecular weight excluding hydrogens is 248 g/mol. The van der Waals surface area contributed by atoms with E-state index in [1.54, 1.807) is 12.1 Å². The average molecular weight is 261 g/mol. The van der Waals surface area contributed by atoms with E-state index in [9.17, 15) is 4.79 Å². The molecule has 0 spiro atoms. The summed E-state index contributed by atoms with van der Waals surface area (Å²) in [6, 6.07) is 15.4. The largest absolute Gasteiger partial charge is 0.480 e. The lowest BCUT2D eigenvalue weighted by atomic mass is 9.99. The molecule has 2 rings (SSSR count). The Labute approximate surface area is 111 Å². The Morgan fingerprint density at radius 3 is 2.28 bits per heavy atom. The molecule has 0 aliphatic carbocycles. The lowest BCUT2D eigenvalue weighted by Crippen LogP contribution is -2.04. The number of hydrogen-bond acceptors (Lipinski definition) is 1. The van der Waals surface area contributed by atoms with Crippen LogP contribution in [0.15, 0.2) is 48.5 Å². The number of hydrogen-bond donors (Lipinski definition) is 1. The predicted octanol–water partition coefficient (Wildman–Crippen LogP) is 4.03. The van der Waals surface area contributed by atoms with Crippen LogP contribution in [-0.2, 0) is 4.79 Å². The maximum absolute atomic E-state index is 10.8. The molecule has 0 aliphatic rings. The van der Waals surface area contributed by atoms with E-state index >= 15 is 0 Å². The molecule has 0 fully saturated rings. The zero-order valence-corrected chi connectivity index (χ0v) is 10.7. The van der Waals surface area contributed by atoms with Crippen molar-refractivity contribution in [2.45, 2.75) is 12.3 Å². The number of carboxylic acid groups (broad SMARTS) is 1. The van der Waals surface area contributed by atoms with Gasteiger partial charge in [0.2, 0.25) is 0 Å². The standard InChI is InChI=1S/C15H13ClO2/c1-10-4-2-3-5-13(10)11-6-8-12(9-7-11)14(16)15(17)18/h2-9,14H,1H3,(H,17,18). The summed E-state index contributed by atoms with van der Waals surface area (Å²) in [6.07, 6.45) is 0. The first-order valence-corrected chi connectivity index (χ1v) is 6.06. The number of aryl methyl sites for hydroxylation is 1. The number of carboxylic acids is 1. The second kappa shape index (κ2) is 5.23. The highest BCUT2D eigenvalue weighted by Crippen LogP contribution is 2.26. The van der Waals surface area contributed by atoms with E-state index in [0.717, 1.165) is 11.1 Å². The Morgan fingerprint density at radius 2 is 1.72 bits per heavy atom. The van der Waals surface area contributed by atoms with Gasteiger partial charge in [0.25, 0.3) is 0 Å². The summed E-state index contributed by atoms with van der Waals surface area (Å²) in [5, 5.41) is 7.84. The summed E-state index contributed by atoms with van der Waals surface area (Å²) in [5.74, 6) is -1.03. The Kier molecular flexibility index (Phi) is 3.68. The third-order valence-electron chi connectivity index (χ3n) is 2.88. The highest BCUT2D eigenvalue weighted by Gasteiger charge is 2.15. The van der Waals surface area contributed by atoms with Gasteiger partial charge < -0.3 is 5.11 Å². The van der Waals surface area contributed by atoms with Crippen molar-refractivity contribution in [3.63, 3.8) is 0 Å². The lowest BCUT2D eigenvalue weighted by Gasteiger charge is -2.08. The van der Waals surface area contributed by atoms with Crippen LogP contribution in [0.25, 0.3) is 11.1 Å².